The van der Waals surface area contributed by atoms with E-state index >= 15 is 0 Å². The molecule has 3 nitrogen and oxygen atoms in total. The van der Waals surface area contributed by atoms with Crippen molar-refractivity contribution in [3.63, 3.8) is 0 Å². The van der Waals surface area contributed by atoms with Crippen LogP contribution in [-0.2, 0) is 0 Å². The Bertz CT molecular complexity index is 470. The van der Waals surface area contributed by atoms with Gasteiger partial charge < -0.3 is 4.90 Å². The molecule has 1 aliphatic rings. The third-order valence-electron chi connectivity index (χ3n) is 4.06. The number of rotatable bonds is 2. The van der Waals surface area contributed by atoms with Crippen LogP contribution in [0.5, 0.6) is 0 Å². The summed E-state index contributed by atoms with van der Waals surface area (Å²) in [5.74, 6) is 0. The molecule has 0 radical (unpaired) electrons. The first kappa shape index (κ1) is 13.9. The van der Waals surface area contributed by atoms with Gasteiger partial charge in [-0.15, -0.1) is 0 Å². The van der Waals surface area contributed by atoms with Crippen LogP contribution >= 0.6 is 0 Å². The van der Waals surface area contributed by atoms with E-state index in [2.05, 4.69) is 68.0 Å². The number of likely N-dealkylation sites (N-methyl/N-ethyl adjacent to an activating group) is 1. The van der Waals surface area contributed by atoms with Crippen molar-refractivity contribution in [1.82, 2.24) is 4.90 Å². The Morgan fingerprint density at radius 2 is 1.95 bits per heavy atom. The molecule has 1 saturated heterocycles. The summed E-state index contributed by atoms with van der Waals surface area (Å²) < 4.78 is 0. The van der Waals surface area contributed by atoms with Gasteiger partial charge in [-0.2, -0.15) is 5.26 Å². The molecular weight excluding hydrogens is 234 g/mol. The summed E-state index contributed by atoms with van der Waals surface area (Å²) in [6.45, 7) is 8.54. The third-order valence-corrected chi connectivity index (χ3v) is 4.06. The maximum atomic E-state index is 8.96. The lowest BCUT2D eigenvalue weighted by atomic mass is 9.94. The van der Waals surface area contributed by atoms with Gasteiger partial charge in [-0.25, -0.2) is 0 Å². The van der Waals surface area contributed by atoms with Gasteiger partial charge in [0, 0.05) is 30.4 Å². The monoisotopic (exact) mass is 257 g/mol. The van der Waals surface area contributed by atoms with E-state index in [1.165, 1.54) is 11.3 Å². The quantitative estimate of drug-likeness (QED) is 0.816. The fourth-order valence-corrected chi connectivity index (χ4v) is 2.93. The summed E-state index contributed by atoms with van der Waals surface area (Å²) >= 11 is 0. The highest BCUT2D eigenvalue weighted by atomic mass is 15.3. The molecule has 3 heteroatoms. The Morgan fingerprint density at radius 1 is 1.32 bits per heavy atom. The van der Waals surface area contributed by atoms with E-state index in [9.17, 15) is 0 Å². The molecule has 1 heterocycles. The van der Waals surface area contributed by atoms with Gasteiger partial charge in [0.05, 0.1) is 12.5 Å². The molecule has 0 aliphatic carbocycles. The van der Waals surface area contributed by atoms with Crippen molar-refractivity contribution in [3.8, 4) is 6.07 Å². The lowest BCUT2D eigenvalue weighted by Crippen LogP contribution is -2.62. The van der Waals surface area contributed by atoms with Gasteiger partial charge in [-0.3, -0.25) is 4.90 Å². The topological polar surface area (TPSA) is 30.3 Å². The van der Waals surface area contributed by atoms with Gasteiger partial charge in [-0.05, 0) is 40.0 Å². The molecule has 1 fully saturated rings. The molecule has 19 heavy (non-hydrogen) atoms. The predicted molar refractivity (Wildman–Crippen MR) is 79.3 cm³/mol. The van der Waals surface area contributed by atoms with Crippen LogP contribution in [-0.4, -0.2) is 36.6 Å². The zero-order chi connectivity index (χ0) is 14.0. The number of hydrogen-bond donors (Lipinski definition) is 0. The number of benzene rings is 1. The molecule has 1 aromatic rings. The minimum atomic E-state index is 0.0932. The van der Waals surface area contributed by atoms with E-state index < -0.39 is 0 Å². The second-order valence-electron chi connectivity index (χ2n) is 6.19. The van der Waals surface area contributed by atoms with Crippen molar-refractivity contribution >= 4 is 5.69 Å². The maximum absolute atomic E-state index is 8.96. The second-order valence-corrected chi connectivity index (χ2v) is 6.19. The van der Waals surface area contributed by atoms with Crippen LogP contribution in [0.15, 0.2) is 24.3 Å². The second kappa shape index (κ2) is 5.22. The lowest BCUT2D eigenvalue weighted by Gasteiger charge is -2.51. The molecule has 0 aromatic heterocycles. The number of nitriles is 1. The van der Waals surface area contributed by atoms with E-state index in [1.807, 2.05) is 0 Å². The minimum Gasteiger partial charge on any atom is -0.364 e. The summed E-state index contributed by atoms with van der Waals surface area (Å²) in [6.07, 6.45) is 0.592. The maximum Gasteiger partial charge on any atom is 0.0638 e. The summed E-state index contributed by atoms with van der Waals surface area (Å²) in [5, 5.41) is 8.96. The standard InChI is InChI=1S/C16H23N3/c1-13-5-7-14(8-6-13)19-11-15(9-10-17)18(4)12-16(19,2)3/h5-8,15H,9,11-12H2,1-4H3. The van der Waals surface area contributed by atoms with E-state index in [0.29, 0.717) is 12.5 Å². The zero-order valence-electron chi connectivity index (χ0n) is 12.3. The summed E-state index contributed by atoms with van der Waals surface area (Å²) in [5.41, 5.74) is 2.63. The van der Waals surface area contributed by atoms with E-state index in [0.717, 1.165) is 13.1 Å². The molecule has 2 rings (SSSR count). The fourth-order valence-electron chi connectivity index (χ4n) is 2.93. The summed E-state index contributed by atoms with van der Waals surface area (Å²) in [6, 6.07) is 11.3. The van der Waals surface area contributed by atoms with Gasteiger partial charge in [0.15, 0.2) is 0 Å². The molecule has 1 atom stereocenters. The normalized spacial score (nSPS) is 23.1. The number of hydrogen-bond acceptors (Lipinski definition) is 3. The van der Waals surface area contributed by atoms with E-state index in [1.54, 1.807) is 0 Å². The Labute approximate surface area is 116 Å². The fraction of sp³-hybridized carbons (Fsp3) is 0.562. The highest BCUT2D eigenvalue weighted by Crippen LogP contribution is 2.30. The molecule has 0 N–H and O–H groups in total. The first-order valence-corrected chi connectivity index (χ1v) is 6.85. The first-order valence-electron chi connectivity index (χ1n) is 6.85. The predicted octanol–water partition coefficient (Wildman–Crippen LogP) is 2.81. The van der Waals surface area contributed by atoms with Gasteiger partial charge in [0.2, 0.25) is 0 Å². The number of nitrogens with zero attached hydrogens (tertiary/aromatic N) is 3. The number of aryl methyl sites for hydroxylation is 1. The van der Waals surface area contributed by atoms with Crippen LogP contribution in [0.1, 0.15) is 25.8 Å². The highest BCUT2D eigenvalue weighted by Gasteiger charge is 2.37. The molecule has 1 aliphatic heterocycles. The van der Waals surface area contributed by atoms with Crippen LogP contribution in [0.25, 0.3) is 0 Å². The highest BCUT2D eigenvalue weighted by molar-refractivity contribution is 5.51. The van der Waals surface area contributed by atoms with Gasteiger partial charge in [0.1, 0.15) is 0 Å². The Kier molecular flexibility index (Phi) is 3.82. The Hall–Kier alpha value is -1.53. The molecular formula is C16H23N3. The van der Waals surface area contributed by atoms with Crippen LogP contribution in [0, 0.1) is 18.3 Å². The van der Waals surface area contributed by atoms with E-state index in [4.69, 9.17) is 5.26 Å². The van der Waals surface area contributed by atoms with E-state index in [-0.39, 0.29) is 5.54 Å². The first-order chi connectivity index (χ1) is 8.94. The van der Waals surface area contributed by atoms with Gasteiger partial charge >= 0.3 is 0 Å². The smallest absolute Gasteiger partial charge is 0.0638 e. The van der Waals surface area contributed by atoms with Crippen molar-refractivity contribution in [1.29, 1.82) is 5.26 Å². The minimum absolute atomic E-state index is 0.0932. The number of anilines is 1. The molecule has 102 valence electrons. The van der Waals surface area contributed by atoms with Crippen LogP contribution in [0.4, 0.5) is 5.69 Å². The molecule has 1 aromatic carbocycles. The number of piperazine rings is 1. The Morgan fingerprint density at radius 3 is 2.53 bits per heavy atom. The van der Waals surface area contributed by atoms with Crippen molar-refractivity contribution in [2.45, 2.75) is 38.8 Å². The summed E-state index contributed by atoms with van der Waals surface area (Å²) in [4.78, 5) is 4.75. The van der Waals surface area contributed by atoms with Crippen LogP contribution in [0.3, 0.4) is 0 Å². The van der Waals surface area contributed by atoms with Crippen molar-refractivity contribution in [2.75, 3.05) is 25.0 Å². The van der Waals surface area contributed by atoms with Crippen molar-refractivity contribution in [2.24, 2.45) is 0 Å². The van der Waals surface area contributed by atoms with Crippen LogP contribution < -0.4 is 4.90 Å². The lowest BCUT2D eigenvalue weighted by molar-refractivity contribution is 0.153. The average molecular weight is 257 g/mol. The SMILES string of the molecule is Cc1ccc(N2CC(CC#N)N(C)CC2(C)C)cc1. The summed E-state index contributed by atoms with van der Waals surface area (Å²) in [7, 11) is 2.12. The van der Waals surface area contributed by atoms with Crippen molar-refractivity contribution in [3.05, 3.63) is 29.8 Å². The largest absolute Gasteiger partial charge is 0.364 e. The average Bonchev–Trinajstić information content (AvgIpc) is 2.33. The molecule has 0 spiro atoms. The Balaban J connectivity index is 2.26. The van der Waals surface area contributed by atoms with Gasteiger partial charge in [0.25, 0.3) is 0 Å². The van der Waals surface area contributed by atoms with Crippen LogP contribution in [0.2, 0.25) is 0 Å². The zero-order valence-corrected chi connectivity index (χ0v) is 12.3. The molecule has 0 amide bonds. The molecule has 0 saturated carbocycles. The third kappa shape index (κ3) is 2.90. The molecule has 0 bridgehead atoms. The molecule has 1 unspecified atom stereocenters. The van der Waals surface area contributed by atoms with Crippen molar-refractivity contribution < 1.29 is 0 Å². The van der Waals surface area contributed by atoms with Gasteiger partial charge in [-0.1, -0.05) is 17.7 Å².